The Labute approximate surface area is 153 Å². The van der Waals surface area contributed by atoms with Gasteiger partial charge in [0.1, 0.15) is 11.5 Å². The lowest BCUT2D eigenvalue weighted by Gasteiger charge is -2.08. The summed E-state index contributed by atoms with van der Waals surface area (Å²) in [5, 5.41) is 2.82. The summed E-state index contributed by atoms with van der Waals surface area (Å²) in [6.07, 6.45) is 6.04. The third-order valence-electron chi connectivity index (χ3n) is 3.56. The second kappa shape index (κ2) is 9.90. The van der Waals surface area contributed by atoms with Gasteiger partial charge in [-0.15, -0.1) is 12.3 Å². The highest BCUT2D eigenvalue weighted by atomic mass is 16.7. The molecule has 0 aromatic heterocycles. The van der Waals surface area contributed by atoms with Crippen LogP contribution in [0.15, 0.2) is 48.5 Å². The maximum absolute atomic E-state index is 11.8. The van der Waals surface area contributed by atoms with Gasteiger partial charge in [-0.25, -0.2) is 4.79 Å². The molecule has 5 heteroatoms. The number of aryl methyl sites for hydroxylation is 1. The van der Waals surface area contributed by atoms with E-state index in [1.165, 1.54) is 0 Å². The lowest BCUT2D eigenvalue weighted by molar-refractivity contribution is -0.121. The maximum Gasteiger partial charge on any atom is 0.519 e. The standard InChI is InChI=1S/C21H21NO4/c1-3-4-5-6-20(23)22-15-17-9-13-19(14-10-17)26-21(24)25-18-11-7-16(2)8-12-18/h1,7-14H,4-6,15H2,2H3,(H,22,23). The number of rotatable bonds is 7. The SMILES string of the molecule is C#CCCCC(=O)NCc1ccc(OC(=O)Oc2ccc(C)cc2)cc1. The van der Waals surface area contributed by atoms with Crippen LogP contribution in [0.25, 0.3) is 0 Å². The third kappa shape index (κ3) is 6.70. The molecule has 0 unspecified atom stereocenters. The van der Waals surface area contributed by atoms with Crippen LogP contribution in [0.5, 0.6) is 11.5 Å². The summed E-state index contributed by atoms with van der Waals surface area (Å²) in [5.74, 6) is 3.25. The zero-order chi connectivity index (χ0) is 18.8. The van der Waals surface area contributed by atoms with Crippen molar-refractivity contribution in [2.45, 2.75) is 32.7 Å². The molecule has 26 heavy (non-hydrogen) atoms. The van der Waals surface area contributed by atoms with Gasteiger partial charge >= 0.3 is 6.16 Å². The molecule has 2 rings (SSSR count). The molecule has 2 aromatic carbocycles. The Morgan fingerprint density at radius 2 is 1.58 bits per heavy atom. The second-order valence-corrected chi connectivity index (χ2v) is 5.75. The molecule has 0 aliphatic heterocycles. The number of carbonyl (C=O) groups is 2. The molecule has 0 atom stereocenters. The average molecular weight is 351 g/mol. The van der Waals surface area contributed by atoms with E-state index < -0.39 is 6.16 Å². The number of benzene rings is 2. The van der Waals surface area contributed by atoms with Crippen molar-refractivity contribution < 1.29 is 19.1 Å². The molecule has 0 aliphatic rings. The van der Waals surface area contributed by atoms with Gasteiger partial charge in [-0.3, -0.25) is 4.79 Å². The van der Waals surface area contributed by atoms with E-state index in [0.29, 0.717) is 37.3 Å². The topological polar surface area (TPSA) is 64.6 Å². The number of unbranched alkanes of at least 4 members (excludes halogenated alkanes) is 1. The molecule has 1 N–H and O–H groups in total. The number of amides is 1. The monoisotopic (exact) mass is 351 g/mol. The molecule has 1 amide bonds. The zero-order valence-corrected chi connectivity index (χ0v) is 14.7. The summed E-state index contributed by atoms with van der Waals surface area (Å²) < 4.78 is 10.2. The lowest BCUT2D eigenvalue weighted by atomic mass is 10.2. The number of carbonyl (C=O) groups excluding carboxylic acids is 2. The van der Waals surface area contributed by atoms with E-state index in [4.69, 9.17) is 15.9 Å². The fourth-order valence-electron chi connectivity index (χ4n) is 2.13. The number of ether oxygens (including phenoxy) is 2. The Bertz CT molecular complexity index is 773. The molecule has 134 valence electrons. The summed E-state index contributed by atoms with van der Waals surface area (Å²) in [4.78, 5) is 23.4. The van der Waals surface area contributed by atoms with E-state index in [2.05, 4.69) is 11.2 Å². The molecule has 5 nitrogen and oxygen atoms in total. The van der Waals surface area contributed by atoms with Crippen LogP contribution in [0.2, 0.25) is 0 Å². The molecular formula is C21H21NO4. The highest BCUT2D eigenvalue weighted by Gasteiger charge is 2.08. The molecule has 0 fully saturated rings. The molecule has 0 saturated carbocycles. The first-order valence-electron chi connectivity index (χ1n) is 8.32. The first-order valence-corrected chi connectivity index (χ1v) is 8.32. The van der Waals surface area contributed by atoms with Crippen molar-refractivity contribution in [1.29, 1.82) is 0 Å². The molecule has 0 saturated heterocycles. The zero-order valence-electron chi connectivity index (χ0n) is 14.7. The normalized spacial score (nSPS) is 9.85. The number of nitrogens with one attached hydrogen (secondary N) is 1. The smallest absolute Gasteiger partial charge is 0.395 e. The lowest BCUT2D eigenvalue weighted by Crippen LogP contribution is -2.22. The van der Waals surface area contributed by atoms with Gasteiger partial charge in [0.15, 0.2) is 0 Å². The van der Waals surface area contributed by atoms with Crippen molar-refractivity contribution in [3.8, 4) is 23.8 Å². The fraction of sp³-hybridized carbons (Fsp3) is 0.238. The first-order chi connectivity index (χ1) is 12.6. The van der Waals surface area contributed by atoms with Gasteiger partial charge in [0.25, 0.3) is 0 Å². The summed E-state index contributed by atoms with van der Waals surface area (Å²) >= 11 is 0. The van der Waals surface area contributed by atoms with Crippen molar-refractivity contribution in [3.05, 3.63) is 59.7 Å². The van der Waals surface area contributed by atoms with E-state index in [-0.39, 0.29) is 5.91 Å². The van der Waals surface area contributed by atoms with Crippen LogP contribution in [0.3, 0.4) is 0 Å². The van der Waals surface area contributed by atoms with Crippen LogP contribution in [-0.2, 0) is 11.3 Å². The Kier molecular flexibility index (Phi) is 7.26. The Morgan fingerprint density at radius 1 is 1.00 bits per heavy atom. The minimum atomic E-state index is -0.802. The number of hydrogen-bond donors (Lipinski definition) is 1. The number of terminal acetylenes is 1. The van der Waals surface area contributed by atoms with Crippen LogP contribution in [0.4, 0.5) is 4.79 Å². The van der Waals surface area contributed by atoms with Crippen molar-refractivity contribution in [3.63, 3.8) is 0 Å². The largest absolute Gasteiger partial charge is 0.519 e. The molecule has 0 aliphatic carbocycles. The predicted molar refractivity (Wildman–Crippen MR) is 98.8 cm³/mol. The van der Waals surface area contributed by atoms with Gasteiger partial charge in [0, 0.05) is 19.4 Å². The van der Waals surface area contributed by atoms with Crippen molar-refractivity contribution in [2.75, 3.05) is 0 Å². The minimum Gasteiger partial charge on any atom is -0.395 e. The van der Waals surface area contributed by atoms with Crippen LogP contribution >= 0.6 is 0 Å². The van der Waals surface area contributed by atoms with Gasteiger partial charge in [-0.1, -0.05) is 29.8 Å². The summed E-state index contributed by atoms with van der Waals surface area (Å²) in [6, 6.07) is 13.9. The highest BCUT2D eigenvalue weighted by Crippen LogP contribution is 2.16. The third-order valence-corrected chi connectivity index (χ3v) is 3.56. The van der Waals surface area contributed by atoms with Crippen LogP contribution < -0.4 is 14.8 Å². The minimum absolute atomic E-state index is 0.0396. The quantitative estimate of drug-likeness (QED) is 0.354. The highest BCUT2D eigenvalue weighted by molar-refractivity contribution is 5.75. The molecule has 0 radical (unpaired) electrons. The summed E-state index contributed by atoms with van der Waals surface area (Å²) in [6.45, 7) is 2.35. The van der Waals surface area contributed by atoms with Gasteiger partial charge < -0.3 is 14.8 Å². The van der Waals surface area contributed by atoms with Crippen molar-refractivity contribution in [2.24, 2.45) is 0 Å². The molecule has 0 heterocycles. The van der Waals surface area contributed by atoms with E-state index in [9.17, 15) is 9.59 Å². The summed E-state index contributed by atoms with van der Waals surface area (Å²) in [5.41, 5.74) is 1.97. The molecule has 0 spiro atoms. The van der Waals surface area contributed by atoms with Crippen LogP contribution in [0, 0.1) is 19.3 Å². The Morgan fingerprint density at radius 3 is 2.15 bits per heavy atom. The predicted octanol–water partition coefficient (Wildman–Crippen LogP) is 3.99. The maximum atomic E-state index is 11.8. The molecule has 0 bridgehead atoms. The fourth-order valence-corrected chi connectivity index (χ4v) is 2.13. The second-order valence-electron chi connectivity index (χ2n) is 5.75. The first kappa shape index (κ1) is 19.1. The average Bonchev–Trinajstić information content (AvgIpc) is 2.63. The van der Waals surface area contributed by atoms with Crippen molar-refractivity contribution >= 4 is 12.1 Å². The Hall–Kier alpha value is -3.26. The van der Waals surface area contributed by atoms with Gasteiger partial charge in [-0.05, 0) is 43.2 Å². The van der Waals surface area contributed by atoms with E-state index in [0.717, 1.165) is 11.1 Å². The van der Waals surface area contributed by atoms with E-state index >= 15 is 0 Å². The van der Waals surface area contributed by atoms with Crippen LogP contribution in [-0.4, -0.2) is 12.1 Å². The van der Waals surface area contributed by atoms with E-state index in [1.807, 2.05) is 19.1 Å². The van der Waals surface area contributed by atoms with Gasteiger partial charge in [0.2, 0.25) is 5.91 Å². The van der Waals surface area contributed by atoms with Crippen LogP contribution in [0.1, 0.15) is 30.4 Å². The number of hydrogen-bond acceptors (Lipinski definition) is 4. The van der Waals surface area contributed by atoms with Crippen molar-refractivity contribution in [1.82, 2.24) is 5.32 Å². The Balaban J connectivity index is 1.77. The van der Waals surface area contributed by atoms with Gasteiger partial charge in [0.05, 0.1) is 0 Å². The molecular weight excluding hydrogens is 330 g/mol. The van der Waals surface area contributed by atoms with E-state index in [1.54, 1.807) is 36.4 Å². The molecule has 2 aromatic rings. The summed E-state index contributed by atoms with van der Waals surface area (Å²) in [7, 11) is 0. The van der Waals surface area contributed by atoms with Gasteiger partial charge in [-0.2, -0.15) is 0 Å².